The number of hydrogen-bond acceptors (Lipinski definition) is 3. The van der Waals surface area contributed by atoms with E-state index in [2.05, 4.69) is 16.9 Å². The van der Waals surface area contributed by atoms with Gasteiger partial charge in [-0.1, -0.05) is 32.9 Å². The highest BCUT2D eigenvalue weighted by atomic mass is 14.7. The number of rotatable bonds is 2. The third-order valence-electron chi connectivity index (χ3n) is 1.88. The Balaban J connectivity index is 0.000000415. The van der Waals surface area contributed by atoms with Crippen molar-refractivity contribution in [1.82, 2.24) is 9.97 Å². The summed E-state index contributed by atoms with van der Waals surface area (Å²) >= 11 is 0. The molecule has 98 valence electrons. The van der Waals surface area contributed by atoms with Crippen LogP contribution >= 0.6 is 0 Å². The maximum absolute atomic E-state index is 5.03. The lowest BCUT2D eigenvalue weighted by Crippen LogP contribution is -1.93. The molecule has 0 amide bonds. The van der Waals surface area contributed by atoms with Crippen LogP contribution in [-0.4, -0.2) is 16.5 Å². The summed E-state index contributed by atoms with van der Waals surface area (Å²) in [5, 5.41) is 0. The van der Waals surface area contributed by atoms with Crippen LogP contribution in [0.3, 0.4) is 0 Å². The van der Waals surface area contributed by atoms with Gasteiger partial charge in [-0.15, -0.1) is 0 Å². The molecule has 0 aliphatic rings. The summed E-state index contributed by atoms with van der Waals surface area (Å²) in [6.07, 6.45) is 4.63. The van der Waals surface area contributed by atoms with E-state index in [9.17, 15) is 0 Å². The van der Waals surface area contributed by atoms with Gasteiger partial charge in [0.1, 0.15) is 0 Å². The average molecular weight is 245 g/mol. The van der Waals surface area contributed by atoms with E-state index in [1.165, 1.54) is 0 Å². The highest BCUT2D eigenvalue weighted by Gasteiger charge is 1.95. The van der Waals surface area contributed by atoms with Crippen molar-refractivity contribution < 1.29 is 0 Å². The van der Waals surface area contributed by atoms with Gasteiger partial charge in [-0.05, 0) is 37.2 Å². The summed E-state index contributed by atoms with van der Waals surface area (Å²) in [5.41, 5.74) is 6.86. The first-order valence-corrected chi connectivity index (χ1v) is 6.41. The maximum atomic E-state index is 5.03. The molecule has 0 aromatic carbocycles. The van der Waals surface area contributed by atoms with E-state index in [4.69, 9.17) is 5.73 Å². The predicted molar refractivity (Wildman–Crippen MR) is 78.2 cm³/mol. The van der Waals surface area contributed by atoms with E-state index >= 15 is 0 Å². The molecule has 3 nitrogen and oxygen atoms in total. The minimum atomic E-state index is 0.819. The molecule has 2 heterocycles. The first kappa shape index (κ1) is 16.3. The van der Waals surface area contributed by atoms with Gasteiger partial charge in [0.15, 0.2) is 0 Å². The number of pyridine rings is 2. The number of aromatic nitrogens is 2. The Morgan fingerprint density at radius 1 is 0.889 bits per heavy atom. The molecule has 0 unspecified atom stereocenters. The van der Waals surface area contributed by atoms with E-state index < -0.39 is 0 Å². The first-order valence-electron chi connectivity index (χ1n) is 6.41. The standard InChI is InChI=1S/C10H8N2.C3H9N.C2H6/c1-3-7-11-9(5-1)10-6-2-4-8-12-10;1-2-3-4;1-2/h1-8H;2-4H2,1H3;1-2H3. The third-order valence-corrected chi connectivity index (χ3v) is 1.88. The molecule has 0 fully saturated rings. The summed E-state index contributed by atoms with van der Waals surface area (Å²) in [6.45, 7) is 6.88. The first-order chi connectivity index (χ1) is 8.88. The second kappa shape index (κ2) is 11.7. The zero-order valence-corrected chi connectivity index (χ0v) is 11.5. The molecule has 2 aromatic heterocycles. The summed E-state index contributed by atoms with van der Waals surface area (Å²) in [7, 11) is 0. The number of hydrogen-bond donors (Lipinski definition) is 1. The van der Waals surface area contributed by atoms with Gasteiger partial charge >= 0.3 is 0 Å². The highest BCUT2D eigenvalue weighted by molar-refractivity contribution is 5.52. The van der Waals surface area contributed by atoms with Crippen molar-refractivity contribution in [2.75, 3.05) is 6.54 Å². The Bertz CT molecular complexity index is 334. The Morgan fingerprint density at radius 3 is 1.50 bits per heavy atom. The molecule has 0 saturated carbocycles. The summed E-state index contributed by atoms with van der Waals surface area (Å²) in [6, 6.07) is 11.6. The Labute approximate surface area is 110 Å². The molecular formula is C15H23N3. The Kier molecular flexibility index (Phi) is 10.6. The molecule has 3 heteroatoms. The second-order valence-corrected chi connectivity index (χ2v) is 3.22. The normalized spacial score (nSPS) is 8.44. The van der Waals surface area contributed by atoms with Crippen LogP contribution in [-0.2, 0) is 0 Å². The molecule has 0 atom stereocenters. The molecule has 0 spiro atoms. The molecule has 0 aliphatic heterocycles. The van der Waals surface area contributed by atoms with Gasteiger partial charge in [0.2, 0.25) is 0 Å². The molecular weight excluding hydrogens is 222 g/mol. The number of nitrogens with zero attached hydrogens (tertiary/aromatic N) is 2. The van der Waals surface area contributed by atoms with E-state index in [1.807, 2.05) is 50.2 Å². The SMILES string of the molecule is CC.CCCN.c1ccc(-c2ccccn2)nc1. The minimum Gasteiger partial charge on any atom is -0.330 e. The van der Waals surface area contributed by atoms with Crippen LogP contribution in [0.1, 0.15) is 27.2 Å². The van der Waals surface area contributed by atoms with Crippen LogP contribution in [0.2, 0.25) is 0 Å². The lowest BCUT2D eigenvalue weighted by atomic mass is 10.2. The van der Waals surface area contributed by atoms with Crippen molar-refractivity contribution in [3.05, 3.63) is 48.8 Å². The van der Waals surface area contributed by atoms with Gasteiger partial charge in [0.25, 0.3) is 0 Å². The molecule has 0 saturated heterocycles. The van der Waals surface area contributed by atoms with E-state index in [1.54, 1.807) is 12.4 Å². The van der Waals surface area contributed by atoms with Gasteiger partial charge in [0.05, 0.1) is 11.4 Å². The number of nitrogens with two attached hydrogens (primary N) is 1. The summed E-state index contributed by atoms with van der Waals surface area (Å²) in [5.74, 6) is 0. The molecule has 2 rings (SSSR count). The molecule has 0 radical (unpaired) electrons. The lowest BCUT2D eigenvalue weighted by molar-refractivity contribution is 0.932. The smallest absolute Gasteiger partial charge is 0.0886 e. The van der Waals surface area contributed by atoms with Gasteiger partial charge in [-0.3, -0.25) is 9.97 Å². The van der Waals surface area contributed by atoms with Crippen molar-refractivity contribution in [2.24, 2.45) is 5.73 Å². The lowest BCUT2D eigenvalue weighted by Gasteiger charge is -1.96. The van der Waals surface area contributed by atoms with Gasteiger partial charge < -0.3 is 5.73 Å². The van der Waals surface area contributed by atoms with Crippen molar-refractivity contribution in [3.8, 4) is 11.4 Å². The second-order valence-electron chi connectivity index (χ2n) is 3.22. The zero-order valence-electron chi connectivity index (χ0n) is 11.5. The minimum absolute atomic E-state index is 0.819. The van der Waals surface area contributed by atoms with Crippen LogP contribution in [0, 0.1) is 0 Å². The van der Waals surface area contributed by atoms with E-state index in [-0.39, 0.29) is 0 Å². The quantitative estimate of drug-likeness (QED) is 0.880. The molecule has 18 heavy (non-hydrogen) atoms. The average Bonchev–Trinajstić information content (AvgIpc) is 2.51. The van der Waals surface area contributed by atoms with E-state index in [0.29, 0.717) is 0 Å². The fourth-order valence-corrected chi connectivity index (χ4v) is 1.03. The highest BCUT2D eigenvalue weighted by Crippen LogP contribution is 2.10. The van der Waals surface area contributed by atoms with Gasteiger partial charge in [-0.2, -0.15) is 0 Å². The monoisotopic (exact) mass is 245 g/mol. The maximum Gasteiger partial charge on any atom is 0.0886 e. The fourth-order valence-electron chi connectivity index (χ4n) is 1.03. The van der Waals surface area contributed by atoms with Crippen LogP contribution in [0.4, 0.5) is 0 Å². The largest absolute Gasteiger partial charge is 0.330 e. The van der Waals surface area contributed by atoms with Crippen molar-refractivity contribution in [3.63, 3.8) is 0 Å². The van der Waals surface area contributed by atoms with Crippen molar-refractivity contribution >= 4 is 0 Å². The van der Waals surface area contributed by atoms with Gasteiger partial charge in [-0.25, -0.2) is 0 Å². The Hall–Kier alpha value is -1.74. The molecule has 0 bridgehead atoms. The topological polar surface area (TPSA) is 51.8 Å². The summed E-state index contributed by atoms with van der Waals surface area (Å²) in [4.78, 5) is 8.37. The third kappa shape index (κ3) is 6.76. The summed E-state index contributed by atoms with van der Waals surface area (Å²) < 4.78 is 0. The van der Waals surface area contributed by atoms with Crippen LogP contribution in [0.15, 0.2) is 48.8 Å². The fraction of sp³-hybridized carbons (Fsp3) is 0.333. The molecule has 2 N–H and O–H groups in total. The zero-order chi connectivity index (χ0) is 13.6. The molecule has 2 aromatic rings. The van der Waals surface area contributed by atoms with Gasteiger partial charge in [0, 0.05) is 12.4 Å². The van der Waals surface area contributed by atoms with Crippen LogP contribution in [0.25, 0.3) is 11.4 Å². The van der Waals surface area contributed by atoms with Crippen LogP contribution < -0.4 is 5.73 Å². The Morgan fingerprint density at radius 2 is 1.28 bits per heavy atom. The van der Waals surface area contributed by atoms with Crippen LogP contribution in [0.5, 0.6) is 0 Å². The predicted octanol–water partition coefficient (Wildman–Crippen LogP) is 3.52. The molecule has 0 aliphatic carbocycles. The van der Waals surface area contributed by atoms with E-state index in [0.717, 1.165) is 24.4 Å². The van der Waals surface area contributed by atoms with Crippen molar-refractivity contribution in [2.45, 2.75) is 27.2 Å². The van der Waals surface area contributed by atoms with Crippen molar-refractivity contribution in [1.29, 1.82) is 0 Å².